The molecule has 0 aromatic heterocycles. The number of alkyl halides is 3. The molecule has 0 aliphatic heterocycles. The molecular formula is C9H11BF3O. The van der Waals surface area contributed by atoms with Gasteiger partial charge in [-0.3, -0.25) is 4.79 Å². The molecule has 0 atom stereocenters. The second-order valence-corrected chi connectivity index (χ2v) is 2.81. The Hall–Kier alpha value is -0.995. The Morgan fingerprint density at radius 3 is 2.00 bits per heavy atom. The van der Waals surface area contributed by atoms with Crippen LogP contribution in [0.5, 0.6) is 0 Å². The smallest absolute Gasteiger partial charge is 0.296 e. The van der Waals surface area contributed by atoms with Gasteiger partial charge in [0.1, 0.15) is 5.78 Å². The van der Waals surface area contributed by atoms with E-state index in [1.165, 1.54) is 20.3 Å². The lowest BCUT2D eigenvalue weighted by atomic mass is 9.70. The van der Waals surface area contributed by atoms with Crippen LogP contribution in [0.3, 0.4) is 0 Å². The molecule has 0 amide bonds. The van der Waals surface area contributed by atoms with Gasteiger partial charge in [-0.05, 0) is 19.3 Å². The maximum absolute atomic E-state index is 12.0. The van der Waals surface area contributed by atoms with Crippen LogP contribution in [-0.2, 0) is 4.79 Å². The number of halogens is 3. The number of carbonyl (C=O) groups is 1. The third-order valence-electron chi connectivity index (χ3n) is 1.68. The van der Waals surface area contributed by atoms with Crippen molar-refractivity contribution in [1.82, 2.24) is 0 Å². The maximum Gasteiger partial charge on any atom is 0.412 e. The van der Waals surface area contributed by atoms with Crippen molar-refractivity contribution < 1.29 is 18.0 Å². The molecule has 0 N–H and O–H groups in total. The van der Waals surface area contributed by atoms with E-state index in [1.54, 1.807) is 6.82 Å². The lowest BCUT2D eigenvalue weighted by Gasteiger charge is -2.04. The lowest BCUT2D eigenvalue weighted by Crippen LogP contribution is -2.09. The van der Waals surface area contributed by atoms with Crippen LogP contribution in [0.1, 0.15) is 13.8 Å². The first-order valence-electron chi connectivity index (χ1n) is 4.05. The average molecular weight is 203 g/mol. The first-order valence-corrected chi connectivity index (χ1v) is 4.05. The fourth-order valence-corrected chi connectivity index (χ4v) is 0.726. The molecule has 0 aromatic carbocycles. The van der Waals surface area contributed by atoms with Crippen LogP contribution in [-0.4, -0.2) is 19.2 Å². The van der Waals surface area contributed by atoms with Gasteiger partial charge < -0.3 is 0 Å². The molecular weight excluding hydrogens is 192 g/mol. The van der Waals surface area contributed by atoms with Gasteiger partial charge in [0.2, 0.25) is 0 Å². The Morgan fingerprint density at radius 1 is 1.21 bits per heavy atom. The lowest BCUT2D eigenvalue weighted by molar-refractivity contribution is -0.113. The van der Waals surface area contributed by atoms with Crippen molar-refractivity contribution in [3.05, 3.63) is 23.2 Å². The van der Waals surface area contributed by atoms with Gasteiger partial charge in [0, 0.05) is 5.57 Å². The summed E-state index contributed by atoms with van der Waals surface area (Å²) in [5.74, 6) is -0.251. The SMILES string of the molecule is C[B]/C(=C/C=C(\C)C(F)(F)F)C(C)=O. The zero-order valence-electron chi connectivity index (χ0n) is 8.27. The monoisotopic (exact) mass is 203 g/mol. The molecule has 0 heterocycles. The minimum Gasteiger partial charge on any atom is -0.296 e. The van der Waals surface area contributed by atoms with E-state index < -0.39 is 11.7 Å². The zero-order chi connectivity index (χ0) is 11.4. The molecule has 0 bridgehead atoms. The zero-order valence-corrected chi connectivity index (χ0v) is 8.27. The molecule has 1 nitrogen and oxygen atoms in total. The predicted molar refractivity (Wildman–Crippen MR) is 50.2 cm³/mol. The summed E-state index contributed by atoms with van der Waals surface area (Å²) in [4.78, 5) is 10.8. The van der Waals surface area contributed by atoms with Gasteiger partial charge in [-0.15, -0.1) is 0 Å². The van der Waals surface area contributed by atoms with E-state index in [2.05, 4.69) is 0 Å². The summed E-state index contributed by atoms with van der Waals surface area (Å²) in [6.07, 6.45) is -2.26. The minimum atomic E-state index is -4.33. The highest BCUT2D eigenvalue weighted by molar-refractivity contribution is 6.52. The predicted octanol–water partition coefficient (Wildman–Crippen LogP) is 2.72. The molecule has 1 radical (unpaired) electrons. The quantitative estimate of drug-likeness (QED) is 0.391. The van der Waals surface area contributed by atoms with E-state index in [1.807, 2.05) is 0 Å². The second-order valence-electron chi connectivity index (χ2n) is 2.81. The normalized spacial score (nSPS) is 14.1. The molecule has 0 aliphatic rings. The van der Waals surface area contributed by atoms with E-state index in [-0.39, 0.29) is 11.3 Å². The highest BCUT2D eigenvalue weighted by atomic mass is 19.4. The van der Waals surface area contributed by atoms with Gasteiger partial charge in [-0.2, -0.15) is 13.2 Å². The molecule has 77 valence electrons. The van der Waals surface area contributed by atoms with Gasteiger partial charge in [0.25, 0.3) is 0 Å². The van der Waals surface area contributed by atoms with Crippen LogP contribution in [0, 0.1) is 0 Å². The van der Waals surface area contributed by atoms with Crippen molar-refractivity contribution in [3.63, 3.8) is 0 Å². The Kier molecular flexibility index (Phi) is 4.67. The Bertz CT molecular complexity index is 276. The summed E-state index contributed by atoms with van der Waals surface area (Å²) in [7, 11) is 1.47. The Balaban J connectivity index is 4.76. The summed E-state index contributed by atoms with van der Waals surface area (Å²) in [5.41, 5.74) is -0.452. The van der Waals surface area contributed by atoms with E-state index >= 15 is 0 Å². The summed E-state index contributed by atoms with van der Waals surface area (Å²) in [6.45, 7) is 3.87. The second kappa shape index (κ2) is 5.03. The van der Waals surface area contributed by atoms with Crippen molar-refractivity contribution in [2.75, 3.05) is 0 Å². The minimum absolute atomic E-state index is 0.251. The standard InChI is InChI=1S/C9H11BF3O/c1-6(9(11,12)13)4-5-8(10-3)7(2)14/h4-5H,1-3H3/b6-4+,8-5+. The molecule has 0 rings (SSSR count). The topological polar surface area (TPSA) is 17.1 Å². The average Bonchev–Trinajstić information content (AvgIpc) is 2.02. The third kappa shape index (κ3) is 4.30. The number of rotatable bonds is 3. The van der Waals surface area contributed by atoms with Crippen molar-refractivity contribution in [2.24, 2.45) is 0 Å². The van der Waals surface area contributed by atoms with Crippen molar-refractivity contribution in [3.8, 4) is 0 Å². The summed E-state index contributed by atoms with van der Waals surface area (Å²) < 4.78 is 36.0. The largest absolute Gasteiger partial charge is 0.412 e. The number of hydrogen-bond donors (Lipinski definition) is 0. The highest BCUT2D eigenvalue weighted by Crippen LogP contribution is 2.24. The van der Waals surface area contributed by atoms with Crippen molar-refractivity contribution in [2.45, 2.75) is 26.8 Å². The van der Waals surface area contributed by atoms with Crippen molar-refractivity contribution in [1.29, 1.82) is 0 Å². The molecule has 0 aromatic rings. The first kappa shape index (κ1) is 13.0. The first-order chi connectivity index (χ1) is 6.29. The van der Waals surface area contributed by atoms with E-state index in [4.69, 9.17) is 0 Å². The van der Waals surface area contributed by atoms with Crippen LogP contribution in [0.2, 0.25) is 6.82 Å². The molecule has 0 spiro atoms. The number of carbonyl (C=O) groups excluding carboxylic acids is 1. The Morgan fingerprint density at radius 2 is 1.71 bits per heavy atom. The number of ketones is 1. The fourth-order valence-electron chi connectivity index (χ4n) is 0.726. The van der Waals surface area contributed by atoms with E-state index in [9.17, 15) is 18.0 Å². The van der Waals surface area contributed by atoms with Gasteiger partial charge >= 0.3 is 6.18 Å². The molecule has 0 saturated carbocycles. The van der Waals surface area contributed by atoms with Gasteiger partial charge in [-0.1, -0.05) is 19.0 Å². The molecule has 0 unspecified atom stereocenters. The van der Waals surface area contributed by atoms with Gasteiger partial charge in [-0.25, -0.2) is 0 Å². The summed E-state index contributed by atoms with van der Waals surface area (Å²) in [6, 6.07) is 0. The van der Waals surface area contributed by atoms with Crippen LogP contribution in [0.15, 0.2) is 23.2 Å². The Labute approximate surface area is 81.9 Å². The van der Waals surface area contributed by atoms with Crippen LogP contribution in [0.25, 0.3) is 0 Å². The third-order valence-corrected chi connectivity index (χ3v) is 1.68. The van der Waals surface area contributed by atoms with Gasteiger partial charge in [0.15, 0.2) is 7.28 Å². The number of hydrogen-bond acceptors (Lipinski definition) is 1. The highest BCUT2D eigenvalue weighted by Gasteiger charge is 2.29. The molecule has 0 saturated heterocycles. The van der Waals surface area contributed by atoms with E-state index in [0.29, 0.717) is 0 Å². The molecule has 5 heteroatoms. The summed E-state index contributed by atoms with van der Waals surface area (Å²) in [5, 5.41) is 0. The van der Waals surface area contributed by atoms with Crippen LogP contribution < -0.4 is 0 Å². The van der Waals surface area contributed by atoms with Crippen molar-refractivity contribution >= 4 is 13.1 Å². The van der Waals surface area contributed by atoms with Crippen LogP contribution in [0.4, 0.5) is 13.2 Å². The summed E-state index contributed by atoms with van der Waals surface area (Å²) >= 11 is 0. The van der Waals surface area contributed by atoms with Crippen LogP contribution >= 0.6 is 0 Å². The molecule has 0 aliphatic carbocycles. The maximum atomic E-state index is 12.0. The van der Waals surface area contributed by atoms with Gasteiger partial charge in [0.05, 0.1) is 0 Å². The number of allylic oxidation sites excluding steroid dienone is 4. The number of Topliss-reactive ketones (excluding diaryl/α,β-unsaturated/α-hetero) is 1. The molecule has 14 heavy (non-hydrogen) atoms. The van der Waals surface area contributed by atoms with E-state index in [0.717, 1.165) is 13.0 Å². The fraction of sp³-hybridized carbons (Fsp3) is 0.444. The molecule has 0 fully saturated rings.